The SMILES string of the molecule is CCOC(=O)CNC(=O)[C@H](CC)NC(=O)C(C)(C)NC(=O)C(C)(C)NC(=O)CNC. The molecule has 1 atom stereocenters. The highest BCUT2D eigenvalue weighted by molar-refractivity contribution is 5.97. The molecular formula is C19H35N5O6. The smallest absolute Gasteiger partial charge is 0.325 e. The highest BCUT2D eigenvalue weighted by Crippen LogP contribution is 2.09. The lowest BCUT2D eigenvalue weighted by atomic mass is 9.98. The summed E-state index contributed by atoms with van der Waals surface area (Å²) in [5, 5.41) is 12.8. The molecule has 0 bridgehead atoms. The fourth-order valence-corrected chi connectivity index (χ4v) is 2.29. The van der Waals surface area contributed by atoms with Crippen molar-refractivity contribution >= 4 is 29.6 Å². The lowest BCUT2D eigenvalue weighted by Crippen LogP contribution is -2.64. The van der Waals surface area contributed by atoms with Crippen LogP contribution in [-0.2, 0) is 28.7 Å². The van der Waals surface area contributed by atoms with Gasteiger partial charge in [-0.25, -0.2) is 0 Å². The van der Waals surface area contributed by atoms with E-state index in [0.717, 1.165) is 0 Å². The number of esters is 1. The summed E-state index contributed by atoms with van der Waals surface area (Å²) >= 11 is 0. The fraction of sp³-hybridized carbons (Fsp3) is 0.737. The first-order valence-corrected chi connectivity index (χ1v) is 9.83. The highest BCUT2D eigenvalue weighted by Gasteiger charge is 2.37. The number of likely N-dealkylation sites (N-methyl/N-ethyl adjacent to an activating group) is 1. The Morgan fingerprint density at radius 1 is 0.867 bits per heavy atom. The lowest BCUT2D eigenvalue weighted by molar-refractivity contribution is -0.143. The second-order valence-electron chi connectivity index (χ2n) is 7.74. The zero-order chi connectivity index (χ0) is 23.5. The van der Waals surface area contributed by atoms with Crippen molar-refractivity contribution in [3.63, 3.8) is 0 Å². The van der Waals surface area contributed by atoms with Crippen molar-refractivity contribution in [3.8, 4) is 0 Å². The molecule has 0 aromatic heterocycles. The summed E-state index contributed by atoms with van der Waals surface area (Å²) in [5.74, 6) is -2.65. The van der Waals surface area contributed by atoms with Crippen molar-refractivity contribution in [1.29, 1.82) is 0 Å². The highest BCUT2D eigenvalue weighted by atomic mass is 16.5. The minimum Gasteiger partial charge on any atom is -0.465 e. The van der Waals surface area contributed by atoms with E-state index in [1.165, 1.54) is 27.7 Å². The van der Waals surface area contributed by atoms with Crippen LogP contribution in [0.1, 0.15) is 48.0 Å². The average Bonchev–Trinajstić information content (AvgIpc) is 2.63. The predicted octanol–water partition coefficient (Wildman–Crippen LogP) is -1.43. The number of amides is 4. The molecule has 172 valence electrons. The molecule has 4 amide bonds. The Morgan fingerprint density at radius 2 is 1.43 bits per heavy atom. The molecule has 0 unspecified atom stereocenters. The van der Waals surface area contributed by atoms with E-state index in [0.29, 0.717) is 0 Å². The van der Waals surface area contributed by atoms with E-state index in [-0.39, 0.29) is 32.0 Å². The van der Waals surface area contributed by atoms with Gasteiger partial charge >= 0.3 is 5.97 Å². The molecule has 0 aliphatic carbocycles. The van der Waals surface area contributed by atoms with Crippen molar-refractivity contribution in [2.45, 2.75) is 65.1 Å². The molecule has 0 saturated heterocycles. The molecule has 0 fully saturated rings. The van der Waals surface area contributed by atoms with Gasteiger partial charge < -0.3 is 31.3 Å². The summed E-state index contributed by atoms with van der Waals surface area (Å²) in [5.41, 5.74) is -2.62. The first-order valence-electron chi connectivity index (χ1n) is 9.83. The van der Waals surface area contributed by atoms with E-state index in [1.807, 2.05) is 0 Å². The number of hydrogen-bond acceptors (Lipinski definition) is 7. The molecule has 5 N–H and O–H groups in total. The van der Waals surface area contributed by atoms with Gasteiger partial charge in [-0.15, -0.1) is 0 Å². The third kappa shape index (κ3) is 9.21. The van der Waals surface area contributed by atoms with Crippen LogP contribution in [0.2, 0.25) is 0 Å². The number of rotatable bonds is 12. The second-order valence-corrected chi connectivity index (χ2v) is 7.74. The van der Waals surface area contributed by atoms with E-state index in [2.05, 4.69) is 26.6 Å². The minimum atomic E-state index is -1.36. The molecule has 0 radical (unpaired) electrons. The molecule has 0 aliphatic heterocycles. The third-order valence-electron chi connectivity index (χ3n) is 4.09. The first-order chi connectivity index (χ1) is 13.8. The van der Waals surface area contributed by atoms with Gasteiger partial charge in [0, 0.05) is 0 Å². The van der Waals surface area contributed by atoms with Crippen LogP contribution in [0.3, 0.4) is 0 Å². The molecule has 0 saturated carbocycles. The number of carbonyl (C=O) groups is 5. The van der Waals surface area contributed by atoms with Crippen LogP contribution in [0.15, 0.2) is 0 Å². The Labute approximate surface area is 177 Å². The van der Waals surface area contributed by atoms with Gasteiger partial charge in [-0.1, -0.05) is 6.92 Å². The summed E-state index contributed by atoms with van der Waals surface area (Å²) in [6.45, 7) is 9.27. The van der Waals surface area contributed by atoms with E-state index in [1.54, 1.807) is 20.9 Å². The maximum absolute atomic E-state index is 12.7. The number of ether oxygens (including phenoxy) is 1. The Bertz CT molecular complexity index is 647. The van der Waals surface area contributed by atoms with Gasteiger partial charge in [0.25, 0.3) is 0 Å². The average molecular weight is 430 g/mol. The number of nitrogens with one attached hydrogen (secondary N) is 5. The van der Waals surface area contributed by atoms with Crippen LogP contribution in [0.5, 0.6) is 0 Å². The first kappa shape index (κ1) is 27.3. The molecule has 11 heteroatoms. The van der Waals surface area contributed by atoms with Crippen molar-refractivity contribution in [2.24, 2.45) is 0 Å². The summed E-state index contributed by atoms with van der Waals surface area (Å²) in [6.07, 6.45) is 0.274. The Morgan fingerprint density at radius 3 is 1.93 bits per heavy atom. The van der Waals surface area contributed by atoms with Crippen molar-refractivity contribution < 1.29 is 28.7 Å². The zero-order valence-electron chi connectivity index (χ0n) is 18.9. The van der Waals surface area contributed by atoms with Crippen LogP contribution >= 0.6 is 0 Å². The molecule has 0 heterocycles. The molecule has 0 aromatic rings. The van der Waals surface area contributed by atoms with Gasteiger partial charge in [0.2, 0.25) is 23.6 Å². The molecule has 0 rings (SSSR count). The normalized spacial score (nSPS) is 12.4. The van der Waals surface area contributed by atoms with Gasteiger partial charge in [0.05, 0.1) is 13.2 Å². The molecule has 11 nitrogen and oxygen atoms in total. The minimum absolute atomic E-state index is 0.0413. The Kier molecular flexibility index (Phi) is 11.0. The van der Waals surface area contributed by atoms with Gasteiger partial charge in [-0.3, -0.25) is 24.0 Å². The van der Waals surface area contributed by atoms with Crippen LogP contribution in [0.25, 0.3) is 0 Å². The predicted molar refractivity (Wildman–Crippen MR) is 110 cm³/mol. The standard InChI is InChI=1S/C19H35N5O6/c1-8-12(15(27)21-11-14(26)30-9-2)22-16(28)18(3,4)24-17(29)19(5,6)23-13(25)10-20-7/h12,20H,8-11H2,1-7H3,(H,21,27)(H,22,28)(H,23,25)(H,24,29)/t12-/m0/s1. The van der Waals surface area contributed by atoms with Crippen LogP contribution in [0.4, 0.5) is 0 Å². The number of carbonyl (C=O) groups excluding carboxylic acids is 5. The van der Waals surface area contributed by atoms with E-state index in [4.69, 9.17) is 4.74 Å². The third-order valence-corrected chi connectivity index (χ3v) is 4.09. The quantitative estimate of drug-likeness (QED) is 0.238. The fourth-order valence-electron chi connectivity index (χ4n) is 2.29. The Balaban J connectivity index is 4.96. The molecule has 0 aliphatic rings. The van der Waals surface area contributed by atoms with Crippen LogP contribution < -0.4 is 26.6 Å². The van der Waals surface area contributed by atoms with Crippen molar-refractivity contribution in [2.75, 3.05) is 26.7 Å². The summed E-state index contributed by atoms with van der Waals surface area (Å²) in [4.78, 5) is 60.6. The zero-order valence-corrected chi connectivity index (χ0v) is 18.9. The van der Waals surface area contributed by atoms with E-state index in [9.17, 15) is 24.0 Å². The van der Waals surface area contributed by atoms with Gasteiger partial charge in [-0.2, -0.15) is 0 Å². The summed E-state index contributed by atoms with van der Waals surface area (Å²) in [6, 6.07) is -0.897. The van der Waals surface area contributed by atoms with Gasteiger partial charge in [0.15, 0.2) is 0 Å². The Hall–Kier alpha value is -2.69. The lowest BCUT2D eigenvalue weighted by Gasteiger charge is -2.32. The van der Waals surface area contributed by atoms with Gasteiger partial charge in [-0.05, 0) is 48.1 Å². The van der Waals surface area contributed by atoms with E-state index >= 15 is 0 Å². The topological polar surface area (TPSA) is 155 Å². The maximum Gasteiger partial charge on any atom is 0.325 e. The van der Waals surface area contributed by atoms with Crippen molar-refractivity contribution in [3.05, 3.63) is 0 Å². The van der Waals surface area contributed by atoms with Gasteiger partial charge in [0.1, 0.15) is 23.7 Å². The molecule has 30 heavy (non-hydrogen) atoms. The largest absolute Gasteiger partial charge is 0.465 e. The second kappa shape index (κ2) is 12.1. The van der Waals surface area contributed by atoms with E-state index < -0.39 is 40.8 Å². The maximum atomic E-state index is 12.7. The monoisotopic (exact) mass is 429 g/mol. The van der Waals surface area contributed by atoms with Crippen LogP contribution in [-0.4, -0.2) is 73.5 Å². The molecule has 0 aromatic carbocycles. The van der Waals surface area contributed by atoms with Crippen LogP contribution in [0, 0.1) is 0 Å². The summed E-state index contributed by atoms with van der Waals surface area (Å²) < 4.78 is 4.74. The molecular weight excluding hydrogens is 394 g/mol. The molecule has 0 spiro atoms. The van der Waals surface area contributed by atoms with Crippen molar-refractivity contribution in [1.82, 2.24) is 26.6 Å². The summed E-state index contributed by atoms with van der Waals surface area (Å²) in [7, 11) is 1.60. The number of hydrogen-bond donors (Lipinski definition) is 5.